The standard InChI is InChI=1S/C45H30N2/c1-3-16-42-37(13-1)38-14-2-4-17-43(38)47(42)34-12-8-10-32(28-34)36-23-19-30-20-24-39-35(22-18-29-21-25-40(36)45(30)44(29)39)31-9-7-11-33(27-31)41-15-5-6-26-46-41/h1-27,32H,28H2. The average molecular weight is 599 g/mol. The van der Waals surface area contributed by atoms with Crippen LogP contribution in [0.3, 0.4) is 0 Å². The van der Waals surface area contributed by atoms with Gasteiger partial charge in [0, 0.05) is 34.1 Å². The normalized spacial score (nSPS) is 15.0. The summed E-state index contributed by atoms with van der Waals surface area (Å²) in [4.78, 5) is 4.61. The monoisotopic (exact) mass is 598 g/mol. The van der Waals surface area contributed by atoms with E-state index >= 15 is 0 Å². The van der Waals surface area contributed by atoms with Crippen molar-refractivity contribution in [2.24, 2.45) is 0 Å². The summed E-state index contributed by atoms with van der Waals surface area (Å²) < 4.78 is 2.47. The van der Waals surface area contributed by atoms with Crippen LogP contribution in [0.15, 0.2) is 164 Å². The first kappa shape index (κ1) is 26.2. The Morgan fingerprint density at radius 1 is 0.553 bits per heavy atom. The molecule has 0 saturated carbocycles. The summed E-state index contributed by atoms with van der Waals surface area (Å²) in [5.41, 5.74) is 9.84. The smallest absolute Gasteiger partial charge is 0.0702 e. The largest absolute Gasteiger partial charge is 0.313 e. The first-order valence-electron chi connectivity index (χ1n) is 16.4. The minimum Gasteiger partial charge on any atom is -0.313 e. The topological polar surface area (TPSA) is 17.8 Å². The molecule has 9 aromatic rings. The van der Waals surface area contributed by atoms with Gasteiger partial charge in [-0.15, -0.1) is 0 Å². The Kier molecular flexibility index (Phi) is 5.73. The van der Waals surface area contributed by atoms with Crippen molar-refractivity contribution in [3.63, 3.8) is 0 Å². The van der Waals surface area contributed by atoms with Gasteiger partial charge in [0.25, 0.3) is 0 Å². The molecule has 1 atom stereocenters. The maximum absolute atomic E-state index is 4.61. The van der Waals surface area contributed by atoms with E-state index < -0.39 is 0 Å². The second-order valence-electron chi connectivity index (χ2n) is 12.7. The Morgan fingerprint density at radius 3 is 2.02 bits per heavy atom. The fourth-order valence-electron chi connectivity index (χ4n) is 8.05. The Hall–Kier alpha value is -5.99. The minimum atomic E-state index is 0.272. The van der Waals surface area contributed by atoms with Crippen LogP contribution in [0, 0.1) is 0 Å². The van der Waals surface area contributed by atoms with Crippen LogP contribution in [0.25, 0.3) is 82.2 Å². The molecule has 0 N–H and O–H groups in total. The highest BCUT2D eigenvalue weighted by Gasteiger charge is 2.22. The molecule has 10 rings (SSSR count). The van der Waals surface area contributed by atoms with E-state index in [4.69, 9.17) is 0 Å². The van der Waals surface area contributed by atoms with E-state index in [0.717, 1.165) is 17.7 Å². The molecule has 1 unspecified atom stereocenters. The quantitative estimate of drug-likeness (QED) is 0.184. The molecule has 0 bridgehead atoms. The first-order chi connectivity index (χ1) is 23.3. The molecule has 2 heterocycles. The molecule has 0 aliphatic heterocycles. The number of rotatable bonds is 4. The predicted molar refractivity (Wildman–Crippen MR) is 199 cm³/mol. The molecule has 0 spiro atoms. The molecule has 2 nitrogen and oxygen atoms in total. The number of hydrogen-bond donors (Lipinski definition) is 0. The molecular weight excluding hydrogens is 569 g/mol. The van der Waals surface area contributed by atoms with Gasteiger partial charge in [-0.05, 0) is 91.8 Å². The number of pyridine rings is 1. The van der Waals surface area contributed by atoms with Crippen LogP contribution in [-0.2, 0) is 0 Å². The van der Waals surface area contributed by atoms with Gasteiger partial charge in [0.1, 0.15) is 0 Å². The summed E-state index contributed by atoms with van der Waals surface area (Å²) in [5.74, 6) is 0.272. The van der Waals surface area contributed by atoms with E-state index in [9.17, 15) is 0 Å². The van der Waals surface area contributed by atoms with Crippen LogP contribution in [-0.4, -0.2) is 9.55 Å². The predicted octanol–water partition coefficient (Wildman–Crippen LogP) is 12.0. The van der Waals surface area contributed by atoms with Gasteiger partial charge in [0.05, 0.1) is 16.7 Å². The molecule has 1 aliphatic carbocycles. The summed E-state index contributed by atoms with van der Waals surface area (Å²) >= 11 is 0. The van der Waals surface area contributed by atoms with Crippen molar-refractivity contribution < 1.29 is 0 Å². The Bertz CT molecular complexity index is 2660. The van der Waals surface area contributed by atoms with Crippen molar-refractivity contribution in [3.8, 4) is 22.4 Å². The molecule has 0 amide bonds. The van der Waals surface area contributed by atoms with E-state index in [1.807, 2.05) is 18.3 Å². The zero-order chi connectivity index (χ0) is 30.9. The van der Waals surface area contributed by atoms with Crippen LogP contribution in [0.4, 0.5) is 0 Å². The number of hydrogen-bond acceptors (Lipinski definition) is 1. The van der Waals surface area contributed by atoms with Gasteiger partial charge >= 0.3 is 0 Å². The molecule has 0 radical (unpaired) electrons. The van der Waals surface area contributed by atoms with Crippen LogP contribution < -0.4 is 0 Å². The third kappa shape index (κ3) is 4.01. The SMILES string of the molecule is C1=CC(c2ccc3ccc4c(-c5cccc(-c6ccccn6)c5)ccc5ccc2c3c54)CC(n2c3ccccc3c3ccccc32)=C1. The molecule has 2 aromatic heterocycles. The molecule has 2 heteroatoms. The van der Waals surface area contributed by atoms with Crippen LogP contribution in [0.5, 0.6) is 0 Å². The molecule has 0 fully saturated rings. The summed E-state index contributed by atoms with van der Waals surface area (Å²) in [7, 11) is 0. The highest BCUT2D eigenvalue weighted by atomic mass is 15.0. The highest BCUT2D eigenvalue weighted by molar-refractivity contribution is 6.26. The zero-order valence-corrected chi connectivity index (χ0v) is 25.8. The molecular formula is C45H30N2. The van der Waals surface area contributed by atoms with Crippen molar-refractivity contribution in [2.45, 2.75) is 12.3 Å². The van der Waals surface area contributed by atoms with Crippen LogP contribution >= 0.6 is 0 Å². The third-order valence-electron chi connectivity index (χ3n) is 10.2. The number of aromatic nitrogens is 2. The van der Waals surface area contributed by atoms with Gasteiger partial charge in [-0.25, -0.2) is 0 Å². The fraction of sp³-hybridized carbons (Fsp3) is 0.0444. The molecule has 7 aromatic carbocycles. The van der Waals surface area contributed by atoms with E-state index in [2.05, 4.69) is 155 Å². The summed E-state index contributed by atoms with van der Waals surface area (Å²) in [6.07, 6.45) is 9.75. The lowest BCUT2D eigenvalue weighted by Gasteiger charge is -2.24. The minimum absolute atomic E-state index is 0.272. The van der Waals surface area contributed by atoms with Crippen molar-refractivity contribution in [1.82, 2.24) is 9.55 Å². The van der Waals surface area contributed by atoms with Crippen LogP contribution in [0.1, 0.15) is 17.9 Å². The molecule has 1 aliphatic rings. The van der Waals surface area contributed by atoms with Gasteiger partial charge in [-0.1, -0.05) is 121 Å². The second-order valence-corrected chi connectivity index (χ2v) is 12.7. The Balaban J connectivity index is 1.11. The number of fused-ring (bicyclic) bond motifs is 3. The summed E-state index contributed by atoms with van der Waals surface area (Å²) in [5, 5.41) is 10.5. The fourth-order valence-corrected chi connectivity index (χ4v) is 8.05. The second kappa shape index (κ2) is 10.3. The lowest BCUT2D eigenvalue weighted by molar-refractivity contribution is 0.844. The molecule has 220 valence electrons. The van der Waals surface area contributed by atoms with E-state index in [1.165, 1.54) is 76.5 Å². The average Bonchev–Trinajstić information content (AvgIpc) is 3.48. The van der Waals surface area contributed by atoms with Crippen LogP contribution in [0.2, 0.25) is 0 Å². The zero-order valence-electron chi connectivity index (χ0n) is 25.8. The van der Waals surface area contributed by atoms with E-state index in [0.29, 0.717) is 0 Å². The highest BCUT2D eigenvalue weighted by Crippen LogP contribution is 2.44. The van der Waals surface area contributed by atoms with Gasteiger partial charge in [0.15, 0.2) is 0 Å². The van der Waals surface area contributed by atoms with Crippen molar-refractivity contribution in [2.75, 3.05) is 0 Å². The van der Waals surface area contributed by atoms with Gasteiger partial charge in [-0.2, -0.15) is 0 Å². The number of benzene rings is 7. The third-order valence-corrected chi connectivity index (χ3v) is 10.2. The lowest BCUT2D eigenvalue weighted by Crippen LogP contribution is -2.06. The van der Waals surface area contributed by atoms with Gasteiger partial charge in [-0.3, -0.25) is 4.98 Å². The number of allylic oxidation sites excluding steroid dienone is 4. The summed E-state index contributed by atoms with van der Waals surface area (Å²) in [6, 6.07) is 51.0. The van der Waals surface area contributed by atoms with Crippen molar-refractivity contribution >= 4 is 59.8 Å². The summed E-state index contributed by atoms with van der Waals surface area (Å²) in [6.45, 7) is 0. The van der Waals surface area contributed by atoms with Crippen molar-refractivity contribution in [1.29, 1.82) is 0 Å². The van der Waals surface area contributed by atoms with Crippen molar-refractivity contribution in [3.05, 3.63) is 170 Å². The van der Waals surface area contributed by atoms with Gasteiger partial charge in [0.2, 0.25) is 0 Å². The van der Waals surface area contributed by atoms with Gasteiger partial charge < -0.3 is 4.57 Å². The molecule has 47 heavy (non-hydrogen) atoms. The van der Waals surface area contributed by atoms with E-state index in [-0.39, 0.29) is 5.92 Å². The number of para-hydroxylation sites is 2. The van der Waals surface area contributed by atoms with E-state index in [1.54, 1.807) is 0 Å². The molecule has 0 saturated heterocycles. The Morgan fingerprint density at radius 2 is 1.23 bits per heavy atom. The lowest BCUT2D eigenvalue weighted by atomic mass is 9.83. The Labute approximate surface area is 272 Å². The number of nitrogens with zero attached hydrogens (tertiary/aromatic N) is 2. The maximum atomic E-state index is 4.61. The maximum Gasteiger partial charge on any atom is 0.0702 e. The first-order valence-corrected chi connectivity index (χ1v) is 16.4.